The summed E-state index contributed by atoms with van der Waals surface area (Å²) in [6.07, 6.45) is 0. The molecule has 3 aromatic carbocycles. The topological polar surface area (TPSA) is 31.2 Å². The molecule has 4 rings (SSSR count). The highest BCUT2D eigenvalue weighted by atomic mass is 35.5. The first-order valence-corrected chi connectivity index (χ1v) is 10.0. The van der Waals surface area contributed by atoms with Crippen molar-refractivity contribution in [3.05, 3.63) is 97.7 Å². The molecule has 0 amide bonds. The molecular weight excluding hydrogens is 429 g/mol. The molecule has 0 aliphatic carbocycles. The SMILES string of the molecule is COc1c(-c2ccccc2)c2cc(Cl)ccc2n(Cc2ccc(Cl)c(Cl)c2)c1=O. The summed E-state index contributed by atoms with van der Waals surface area (Å²) >= 11 is 18.5. The average Bonchev–Trinajstić information content (AvgIpc) is 2.72. The zero-order chi connectivity index (χ0) is 20.5. The predicted octanol–water partition coefficient (Wildman–Crippen LogP) is 6.69. The summed E-state index contributed by atoms with van der Waals surface area (Å²) in [4.78, 5) is 13.4. The second kappa shape index (κ2) is 8.11. The number of hydrogen-bond donors (Lipinski definition) is 0. The van der Waals surface area contributed by atoms with Crippen LogP contribution in [0.2, 0.25) is 15.1 Å². The number of fused-ring (bicyclic) bond motifs is 1. The van der Waals surface area contributed by atoms with Gasteiger partial charge in [0.15, 0.2) is 5.75 Å². The molecule has 0 atom stereocenters. The molecule has 4 aromatic rings. The third kappa shape index (κ3) is 3.74. The Balaban J connectivity index is 2.02. The Morgan fingerprint density at radius 3 is 2.34 bits per heavy atom. The standard InChI is InChI=1S/C23H16Cl3NO2/c1-29-22-21(15-5-3-2-4-6-15)17-12-16(24)8-10-20(17)27(23(22)28)13-14-7-9-18(25)19(26)11-14/h2-12H,13H2,1H3. The van der Waals surface area contributed by atoms with Crippen molar-refractivity contribution in [1.29, 1.82) is 0 Å². The van der Waals surface area contributed by atoms with Gasteiger partial charge >= 0.3 is 0 Å². The Morgan fingerprint density at radius 1 is 0.897 bits per heavy atom. The lowest BCUT2D eigenvalue weighted by molar-refractivity contribution is 0.407. The number of benzene rings is 3. The Hall–Kier alpha value is -2.46. The minimum absolute atomic E-state index is 0.229. The molecule has 6 heteroatoms. The van der Waals surface area contributed by atoms with Crippen LogP contribution in [0.3, 0.4) is 0 Å². The molecule has 0 N–H and O–H groups in total. The van der Waals surface area contributed by atoms with E-state index in [1.807, 2.05) is 48.5 Å². The summed E-state index contributed by atoms with van der Waals surface area (Å²) < 4.78 is 7.24. The number of aromatic nitrogens is 1. The summed E-state index contributed by atoms with van der Waals surface area (Å²) in [6, 6.07) is 20.5. The number of hydrogen-bond acceptors (Lipinski definition) is 2. The Morgan fingerprint density at radius 2 is 1.66 bits per heavy atom. The van der Waals surface area contributed by atoms with Crippen LogP contribution >= 0.6 is 34.8 Å². The van der Waals surface area contributed by atoms with Crippen molar-refractivity contribution in [2.75, 3.05) is 7.11 Å². The molecule has 3 nitrogen and oxygen atoms in total. The van der Waals surface area contributed by atoms with Gasteiger partial charge in [-0.1, -0.05) is 71.2 Å². The lowest BCUT2D eigenvalue weighted by Gasteiger charge is -2.18. The van der Waals surface area contributed by atoms with Crippen LogP contribution in [-0.4, -0.2) is 11.7 Å². The Labute approximate surface area is 183 Å². The van der Waals surface area contributed by atoms with Gasteiger partial charge in [0.25, 0.3) is 5.56 Å². The molecule has 29 heavy (non-hydrogen) atoms. The van der Waals surface area contributed by atoms with Gasteiger partial charge in [-0.15, -0.1) is 0 Å². The number of methoxy groups -OCH3 is 1. The van der Waals surface area contributed by atoms with Crippen LogP contribution in [0, 0.1) is 0 Å². The van der Waals surface area contributed by atoms with E-state index in [-0.39, 0.29) is 11.3 Å². The predicted molar refractivity (Wildman–Crippen MR) is 121 cm³/mol. The fraction of sp³-hybridized carbons (Fsp3) is 0.0870. The van der Waals surface area contributed by atoms with Crippen LogP contribution in [0.25, 0.3) is 22.0 Å². The van der Waals surface area contributed by atoms with E-state index in [1.165, 1.54) is 7.11 Å². The van der Waals surface area contributed by atoms with E-state index in [2.05, 4.69) is 0 Å². The summed E-state index contributed by atoms with van der Waals surface area (Å²) in [5.41, 5.74) is 2.99. The van der Waals surface area contributed by atoms with Crippen LogP contribution in [0.15, 0.2) is 71.5 Å². The van der Waals surface area contributed by atoms with E-state index in [0.717, 1.165) is 27.6 Å². The highest BCUT2D eigenvalue weighted by Gasteiger charge is 2.19. The van der Waals surface area contributed by atoms with Crippen molar-refractivity contribution < 1.29 is 4.74 Å². The van der Waals surface area contributed by atoms with E-state index in [4.69, 9.17) is 39.5 Å². The summed E-state index contributed by atoms with van der Waals surface area (Å²) in [5.74, 6) is 0.269. The Bertz CT molecular complexity index is 1270. The molecule has 0 radical (unpaired) electrons. The van der Waals surface area contributed by atoms with Gasteiger partial charge in [-0.05, 0) is 41.5 Å². The third-order valence-corrected chi connectivity index (χ3v) is 5.75. The number of halogens is 3. The second-order valence-corrected chi connectivity index (χ2v) is 7.83. The van der Waals surface area contributed by atoms with E-state index in [9.17, 15) is 4.79 Å². The van der Waals surface area contributed by atoms with Crippen LogP contribution in [0.4, 0.5) is 0 Å². The van der Waals surface area contributed by atoms with Crippen LogP contribution in [-0.2, 0) is 6.54 Å². The van der Waals surface area contributed by atoms with Crippen molar-refractivity contribution in [3.8, 4) is 16.9 Å². The van der Waals surface area contributed by atoms with E-state index in [0.29, 0.717) is 21.6 Å². The van der Waals surface area contributed by atoms with Gasteiger partial charge in [-0.25, -0.2) is 0 Å². The van der Waals surface area contributed by atoms with Crippen molar-refractivity contribution in [2.45, 2.75) is 6.54 Å². The number of rotatable bonds is 4. The lowest BCUT2D eigenvalue weighted by Crippen LogP contribution is -2.23. The smallest absolute Gasteiger partial charge is 0.294 e. The maximum absolute atomic E-state index is 13.4. The first-order chi connectivity index (χ1) is 14.0. The van der Waals surface area contributed by atoms with E-state index < -0.39 is 0 Å². The largest absolute Gasteiger partial charge is 0.491 e. The monoisotopic (exact) mass is 443 g/mol. The molecular formula is C23H16Cl3NO2. The minimum atomic E-state index is -0.229. The zero-order valence-corrected chi connectivity index (χ0v) is 17.7. The molecule has 1 aromatic heterocycles. The first kappa shape index (κ1) is 19.8. The molecule has 0 aliphatic rings. The van der Waals surface area contributed by atoms with Crippen LogP contribution in [0.5, 0.6) is 5.75 Å². The molecule has 0 aliphatic heterocycles. The van der Waals surface area contributed by atoms with Gasteiger partial charge in [-0.3, -0.25) is 4.79 Å². The minimum Gasteiger partial charge on any atom is -0.491 e. The number of nitrogens with zero attached hydrogens (tertiary/aromatic N) is 1. The van der Waals surface area contributed by atoms with Crippen molar-refractivity contribution in [1.82, 2.24) is 4.57 Å². The van der Waals surface area contributed by atoms with Crippen molar-refractivity contribution in [3.63, 3.8) is 0 Å². The molecule has 1 heterocycles. The molecule has 0 spiro atoms. The van der Waals surface area contributed by atoms with Crippen molar-refractivity contribution >= 4 is 45.7 Å². The van der Waals surface area contributed by atoms with Crippen LogP contribution < -0.4 is 10.3 Å². The van der Waals surface area contributed by atoms with E-state index in [1.54, 1.807) is 22.8 Å². The summed E-state index contributed by atoms with van der Waals surface area (Å²) in [7, 11) is 1.50. The van der Waals surface area contributed by atoms with Gasteiger partial charge in [0.2, 0.25) is 0 Å². The van der Waals surface area contributed by atoms with Gasteiger partial charge < -0.3 is 9.30 Å². The highest BCUT2D eigenvalue weighted by Crippen LogP contribution is 2.36. The van der Waals surface area contributed by atoms with Crippen molar-refractivity contribution in [2.24, 2.45) is 0 Å². The first-order valence-electron chi connectivity index (χ1n) is 8.89. The van der Waals surface area contributed by atoms with Crippen LogP contribution in [0.1, 0.15) is 5.56 Å². The van der Waals surface area contributed by atoms with Gasteiger partial charge in [0.05, 0.1) is 29.2 Å². The molecule has 0 saturated carbocycles. The number of pyridine rings is 1. The van der Waals surface area contributed by atoms with Gasteiger partial charge in [-0.2, -0.15) is 0 Å². The summed E-state index contributed by atoms with van der Waals surface area (Å²) in [6.45, 7) is 0.319. The second-order valence-electron chi connectivity index (χ2n) is 6.58. The maximum atomic E-state index is 13.4. The molecule has 0 unspecified atom stereocenters. The normalized spacial score (nSPS) is 11.0. The molecule has 0 fully saturated rings. The van der Waals surface area contributed by atoms with Gasteiger partial charge in [0, 0.05) is 16.0 Å². The highest BCUT2D eigenvalue weighted by molar-refractivity contribution is 6.42. The maximum Gasteiger partial charge on any atom is 0.294 e. The molecule has 0 saturated heterocycles. The third-order valence-electron chi connectivity index (χ3n) is 4.78. The quantitative estimate of drug-likeness (QED) is 0.351. The number of ether oxygens (including phenoxy) is 1. The fourth-order valence-electron chi connectivity index (χ4n) is 3.46. The Kier molecular flexibility index (Phi) is 5.55. The van der Waals surface area contributed by atoms with E-state index >= 15 is 0 Å². The zero-order valence-electron chi connectivity index (χ0n) is 15.5. The average molecular weight is 445 g/mol. The molecule has 0 bridgehead atoms. The fourth-order valence-corrected chi connectivity index (χ4v) is 3.96. The molecule has 146 valence electrons. The van der Waals surface area contributed by atoms with Gasteiger partial charge in [0.1, 0.15) is 0 Å². The lowest BCUT2D eigenvalue weighted by atomic mass is 9.99. The summed E-state index contributed by atoms with van der Waals surface area (Å²) in [5, 5.41) is 2.32.